The zero-order valence-corrected chi connectivity index (χ0v) is 11.4. The van der Waals surface area contributed by atoms with Crippen LogP contribution in [0.5, 0.6) is 0 Å². The van der Waals surface area contributed by atoms with Crippen molar-refractivity contribution in [1.29, 1.82) is 5.26 Å². The molecular formula is C12H10N4OS2. The first kappa shape index (κ1) is 13.4. The Morgan fingerprint density at radius 2 is 2.32 bits per heavy atom. The Bertz CT molecular complexity index is 633. The van der Waals surface area contributed by atoms with Crippen LogP contribution in [-0.2, 0) is 4.79 Å². The van der Waals surface area contributed by atoms with Crippen LogP contribution in [0.1, 0.15) is 5.56 Å². The molecule has 0 radical (unpaired) electrons. The highest BCUT2D eigenvalue weighted by Gasteiger charge is 2.08. The number of nitriles is 1. The molecule has 7 heteroatoms. The second-order valence-electron chi connectivity index (χ2n) is 3.51. The van der Waals surface area contributed by atoms with Crippen molar-refractivity contribution in [3.63, 3.8) is 0 Å². The normalized spacial score (nSPS) is 9.84. The van der Waals surface area contributed by atoms with Gasteiger partial charge in [0, 0.05) is 0 Å². The summed E-state index contributed by atoms with van der Waals surface area (Å²) in [5.41, 5.74) is 6.48. The molecule has 0 aliphatic rings. The van der Waals surface area contributed by atoms with E-state index in [-0.39, 0.29) is 11.7 Å². The molecule has 2 rings (SSSR count). The van der Waals surface area contributed by atoms with Gasteiger partial charge in [-0.05, 0) is 12.1 Å². The molecule has 19 heavy (non-hydrogen) atoms. The largest absolute Gasteiger partial charge is 0.375 e. The number of hydrogen-bond acceptors (Lipinski definition) is 6. The number of nitrogens with zero attached hydrogens (tertiary/aromatic N) is 2. The van der Waals surface area contributed by atoms with E-state index in [1.807, 2.05) is 6.07 Å². The maximum absolute atomic E-state index is 11.8. The standard InChI is InChI=1S/C12H10N4OS2/c13-5-8-3-1-2-4-9(8)16-10(17)7-18-11-6-15-12(14)19-11/h1-4,6H,7H2,(H2,14,15)(H,16,17). The van der Waals surface area contributed by atoms with Crippen LogP contribution in [0.3, 0.4) is 0 Å². The summed E-state index contributed by atoms with van der Waals surface area (Å²) in [5.74, 6) is 0.0844. The number of carbonyl (C=O) groups excluding carboxylic acids is 1. The highest BCUT2D eigenvalue weighted by molar-refractivity contribution is 8.01. The van der Waals surface area contributed by atoms with Gasteiger partial charge in [-0.3, -0.25) is 4.79 Å². The molecule has 0 unspecified atom stereocenters. The smallest absolute Gasteiger partial charge is 0.234 e. The minimum Gasteiger partial charge on any atom is -0.375 e. The van der Waals surface area contributed by atoms with E-state index in [0.29, 0.717) is 16.4 Å². The number of hydrogen-bond donors (Lipinski definition) is 2. The summed E-state index contributed by atoms with van der Waals surface area (Å²) in [5, 5.41) is 12.1. The number of nitrogens with two attached hydrogens (primary N) is 1. The number of thioether (sulfide) groups is 1. The number of nitrogen functional groups attached to an aromatic ring is 1. The van der Waals surface area contributed by atoms with E-state index in [9.17, 15) is 4.79 Å². The van der Waals surface area contributed by atoms with Gasteiger partial charge in [-0.25, -0.2) is 4.98 Å². The summed E-state index contributed by atoms with van der Waals surface area (Å²) in [6, 6.07) is 8.92. The molecule has 1 heterocycles. The van der Waals surface area contributed by atoms with Crippen LogP contribution in [0.15, 0.2) is 34.7 Å². The monoisotopic (exact) mass is 290 g/mol. The SMILES string of the molecule is N#Cc1ccccc1NC(=O)CSc1cnc(N)s1. The lowest BCUT2D eigenvalue weighted by molar-refractivity contribution is -0.113. The van der Waals surface area contributed by atoms with Crippen molar-refractivity contribution in [1.82, 2.24) is 4.98 Å². The number of nitrogens with one attached hydrogen (secondary N) is 1. The first-order chi connectivity index (χ1) is 9.19. The van der Waals surface area contributed by atoms with E-state index in [4.69, 9.17) is 11.0 Å². The molecule has 0 saturated heterocycles. The van der Waals surface area contributed by atoms with Crippen molar-refractivity contribution in [3.8, 4) is 6.07 Å². The van der Waals surface area contributed by atoms with Gasteiger partial charge in [0.15, 0.2) is 5.13 Å². The lowest BCUT2D eigenvalue weighted by atomic mass is 10.2. The molecule has 0 aliphatic heterocycles. The van der Waals surface area contributed by atoms with Gasteiger partial charge in [0.2, 0.25) is 5.91 Å². The molecule has 0 bridgehead atoms. The minimum atomic E-state index is -0.167. The number of aromatic nitrogens is 1. The maximum atomic E-state index is 11.8. The number of carbonyl (C=O) groups is 1. The van der Waals surface area contributed by atoms with E-state index in [1.54, 1.807) is 30.5 Å². The molecule has 2 aromatic rings. The lowest BCUT2D eigenvalue weighted by Crippen LogP contribution is -2.14. The molecule has 1 amide bonds. The molecular weight excluding hydrogens is 280 g/mol. The third kappa shape index (κ3) is 3.71. The van der Waals surface area contributed by atoms with Crippen molar-refractivity contribution in [3.05, 3.63) is 36.0 Å². The zero-order valence-electron chi connectivity index (χ0n) is 9.79. The zero-order chi connectivity index (χ0) is 13.7. The number of amides is 1. The van der Waals surface area contributed by atoms with E-state index in [2.05, 4.69) is 10.3 Å². The fraction of sp³-hybridized carbons (Fsp3) is 0.0833. The Labute approximate surface area is 118 Å². The molecule has 0 aliphatic carbocycles. The van der Waals surface area contributed by atoms with Gasteiger partial charge < -0.3 is 11.1 Å². The van der Waals surface area contributed by atoms with Crippen molar-refractivity contribution < 1.29 is 4.79 Å². The number of thiazole rings is 1. The Kier molecular flexibility index (Phi) is 4.39. The summed E-state index contributed by atoms with van der Waals surface area (Å²) < 4.78 is 0.890. The Balaban J connectivity index is 1.93. The second kappa shape index (κ2) is 6.22. The van der Waals surface area contributed by atoms with Gasteiger partial charge in [-0.15, -0.1) is 11.8 Å². The summed E-state index contributed by atoms with van der Waals surface area (Å²) in [4.78, 5) is 15.7. The lowest BCUT2D eigenvalue weighted by Gasteiger charge is -2.05. The number of anilines is 2. The van der Waals surface area contributed by atoms with E-state index in [0.717, 1.165) is 4.21 Å². The number of rotatable bonds is 4. The Morgan fingerprint density at radius 3 is 3.00 bits per heavy atom. The summed E-state index contributed by atoms with van der Waals surface area (Å²) in [6.07, 6.45) is 1.64. The fourth-order valence-electron chi connectivity index (χ4n) is 1.35. The topological polar surface area (TPSA) is 91.8 Å². The molecule has 0 atom stereocenters. The van der Waals surface area contributed by atoms with Crippen LogP contribution in [-0.4, -0.2) is 16.6 Å². The van der Waals surface area contributed by atoms with Crippen molar-refractivity contribution in [2.24, 2.45) is 0 Å². The van der Waals surface area contributed by atoms with Gasteiger partial charge in [0.05, 0.1) is 27.4 Å². The van der Waals surface area contributed by atoms with Gasteiger partial charge >= 0.3 is 0 Å². The average molecular weight is 290 g/mol. The van der Waals surface area contributed by atoms with Crippen LogP contribution < -0.4 is 11.1 Å². The predicted octanol–water partition coefficient (Wildman–Crippen LogP) is 2.33. The summed E-state index contributed by atoms with van der Waals surface area (Å²) >= 11 is 2.70. The molecule has 0 fully saturated rings. The highest BCUT2D eigenvalue weighted by Crippen LogP contribution is 2.26. The highest BCUT2D eigenvalue weighted by atomic mass is 32.2. The van der Waals surface area contributed by atoms with Gasteiger partial charge in [-0.1, -0.05) is 23.5 Å². The molecule has 96 valence electrons. The third-order valence-electron chi connectivity index (χ3n) is 2.17. The number of benzene rings is 1. The van der Waals surface area contributed by atoms with Crippen LogP contribution >= 0.6 is 23.1 Å². The minimum absolute atomic E-state index is 0.167. The number of para-hydroxylation sites is 1. The molecule has 0 spiro atoms. The first-order valence-electron chi connectivity index (χ1n) is 5.32. The van der Waals surface area contributed by atoms with E-state index >= 15 is 0 Å². The van der Waals surface area contributed by atoms with Gasteiger partial charge in [0.1, 0.15) is 6.07 Å². The van der Waals surface area contributed by atoms with E-state index < -0.39 is 0 Å². The third-order valence-corrected chi connectivity index (χ3v) is 4.19. The molecule has 5 nitrogen and oxygen atoms in total. The maximum Gasteiger partial charge on any atom is 0.234 e. The predicted molar refractivity (Wildman–Crippen MR) is 77.0 cm³/mol. The van der Waals surface area contributed by atoms with Gasteiger partial charge in [0.25, 0.3) is 0 Å². The van der Waals surface area contributed by atoms with Gasteiger partial charge in [-0.2, -0.15) is 5.26 Å². The van der Waals surface area contributed by atoms with Crippen molar-refractivity contribution in [2.45, 2.75) is 4.21 Å². The molecule has 0 saturated carbocycles. The van der Waals surface area contributed by atoms with E-state index in [1.165, 1.54) is 23.1 Å². The quantitative estimate of drug-likeness (QED) is 0.843. The fourth-order valence-corrected chi connectivity index (χ4v) is 2.91. The Morgan fingerprint density at radius 1 is 1.53 bits per heavy atom. The molecule has 1 aromatic carbocycles. The molecule has 3 N–H and O–H groups in total. The van der Waals surface area contributed by atoms with Crippen molar-refractivity contribution >= 4 is 39.8 Å². The first-order valence-corrected chi connectivity index (χ1v) is 7.12. The summed E-state index contributed by atoms with van der Waals surface area (Å²) in [7, 11) is 0. The van der Waals surface area contributed by atoms with Crippen LogP contribution in [0.25, 0.3) is 0 Å². The molecule has 1 aromatic heterocycles. The van der Waals surface area contributed by atoms with Crippen LogP contribution in [0.4, 0.5) is 10.8 Å². The second-order valence-corrected chi connectivity index (χ2v) is 5.85. The average Bonchev–Trinajstić information content (AvgIpc) is 2.83. The van der Waals surface area contributed by atoms with Crippen LogP contribution in [0.2, 0.25) is 0 Å². The summed E-state index contributed by atoms with van der Waals surface area (Å²) in [6.45, 7) is 0. The van der Waals surface area contributed by atoms with Crippen molar-refractivity contribution in [2.75, 3.05) is 16.8 Å². The van der Waals surface area contributed by atoms with Crippen LogP contribution in [0, 0.1) is 11.3 Å². The Hall–Kier alpha value is -2.04.